The molecule has 2 nitrogen and oxygen atoms in total. The van der Waals surface area contributed by atoms with Crippen LogP contribution >= 0.6 is 23.2 Å². The topological polar surface area (TPSA) is 35.2 Å². The third-order valence-electron chi connectivity index (χ3n) is 4.47. The Bertz CT molecular complexity index is 442. The summed E-state index contributed by atoms with van der Waals surface area (Å²) in [4.78, 5) is 0. The van der Waals surface area contributed by atoms with Gasteiger partial charge in [-0.25, -0.2) is 0 Å². The summed E-state index contributed by atoms with van der Waals surface area (Å²) >= 11 is 12.0. The van der Waals surface area contributed by atoms with Crippen molar-refractivity contribution in [3.05, 3.63) is 33.8 Å². The summed E-state index contributed by atoms with van der Waals surface area (Å²) in [5.41, 5.74) is 7.41. The maximum Gasteiger partial charge on any atom is 0.0832 e. The lowest BCUT2D eigenvalue weighted by Gasteiger charge is -2.37. The predicted molar refractivity (Wildman–Crippen MR) is 85.6 cm³/mol. The molecule has 112 valence electrons. The molecule has 1 atom stereocenters. The first kappa shape index (κ1) is 16.1. The molecular weight excluding hydrogens is 293 g/mol. The minimum atomic E-state index is -0.192. The van der Waals surface area contributed by atoms with Crippen LogP contribution in [0.2, 0.25) is 10.0 Å². The van der Waals surface area contributed by atoms with E-state index in [1.165, 1.54) is 25.7 Å². The van der Waals surface area contributed by atoms with Crippen LogP contribution in [0.15, 0.2) is 18.2 Å². The largest absolute Gasteiger partial charge is 0.377 e. The first-order valence-electron chi connectivity index (χ1n) is 7.32. The lowest BCUT2D eigenvalue weighted by molar-refractivity contribution is -0.0430. The molecule has 0 aromatic heterocycles. The van der Waals surface area contributed by atoms with E-state index < -0.39 is 0 Å². The van der Waals surface area contributed by atoms with Gasteiger partial charge in [0.15, 0.2) is 0 Å². The van der Waals surface area contributed by atoms with E-state index in [1.54, 1.807) is 7.11 Å². The molecule has 1 aromatic carbocycles. The van der Waals surface area contributed by atoms with Crippen LogP contribution in [0.5, 0.6) is 0 Å². The first-order chi connectivity index (χ1) is 9.57. The number of benzene rings is 1. The molecular formula is C16H23Cl2NO. The molecule has 20 heavy (non-hydrogen) atoms. The summed E-state index contributed by atoms with van der Waals surface area (Å²) < 4.78 is 5.86. The molecule has 1 fully saturated rings. The Morgan fingerprint density at radius 2 is 1.80 bits per heavy atom. The molecule has 0 saturated heterocycles. The van der Waals surface area contributed by atoms with Gasteiger partial charge in [-0.1, -0.05) is 55.0 Å². The Hall–Kier alpha value is -0.280. The van der Waals surface area contributed by atoms with Crippen LogP contribution in [0.3, 0.4) is 0 Å². The van der Waals surface area contributed by atoms with Crippen molar-refractivity contribution in [1.82, 2.24) is 0 Å². The van der Waals surface area contributed by atoms with E-state index in [-0.39, 0.29) is 11.6 Å². The zero-order valence-electron chi connectivity index (χ0n) is 12.0. The SMILES string of the molecule is COC1(C(N)Cc2ccc(Cl)c(Cl)c2)CCCCCC1. The maximum absolute atomic E-state index is 6.48. The molecule has 1 aliphatic carbocycles. The highest BCUT2D eigenvalue weighted by atomic mass is 35.5. The Kier molecular flexibility index (Phi) is 5.74. The highest BCUT2D eigenvalue weighted by molar-refractivity contribution is 6.42. The van der Waals surface area contributed by atoms with Crippen molar-refractivity contribution in [2.75, 3.05) is 7.11 Å². The Morgan fingerprint density at radius 1 is 1.15 bits per heavy atom. The van der Waals surface area contributed by atoms with Gasteiger partial charge in [-0.05, 0) is 37.0 Å². The molecule has 2 N–H and O–H groups in total. The molecule has 0 spiro atoms. The summed E-state index contributed by atoms with van der Waals surface area (Å²) in [6.45, 7) is 0. The average Bonchev–Trinajstić information content (AvgIpc) is 2.69. The van der Waals surface area contributed by atoms with E-state index in [2.05, 4.69) is 0 Å². The second-order valence-corrected chi connectivity index (χ2v) is 6.56. The van der Waals surface area contributed by atoms with Gasteiger partial charge in [0.25, 0.3) is 0 Å². The fraction of sp³-hybridized carbons (Fsp3) is 0.625. The fourth-order valence-corrected chi connectivity index (χ4v) is 3.48. The zero-order valence-corrected chi connectivity index (χ0v) is 13.5. The Labute approximate surface area is 131 Å². The number of hydrogen-bond acceptors (Lipinski definition) is 2. The van der Waals surface area contributed by atoms with Crippen molar-refractivity contribution < 1.29 is 4.74 Å². The van der Waals surface area contributed by atoms with E-state index in [0.717, 1.165) is 24.8 Å². The minimum Gasteiger partial charge on any atom is -0.377 e. The smallest absolute Gasteiger partial charge is 0.0832 e. The third kappa shape index (κ3) is 3.67. The monoisotopic (exact) mass is 315 g/mol. The Balaban J connectivity index is 2.11. The van der Waals surface area contributed by atoms with Crippen molar-refractivity contribution in [1.29, 1.82) is 0 Å². The summed E-state index contributed by atoms with van der Waals surface area (Å²) in [5, 5.41) is 1.17. The molecule has 4 heteroatoms. The van der Waals surface area contributed by atoms with Crippen LogP contribution in [0.4, 0.5) is 0 Å². The molecule has 0 radical (unpaired) electrons. The van der Waals surface area contributed by atoms with Gasteiger partial charge in [-0.15, -0.1) is 0 Å². The van der Waals surface area contributed by atoms with Crippen molar-refractivity contribution >= 4 is 23.2 Å². The van der Waals surface area contributed by atoms with Crippen LogP contribution in [-0.2, 0) is 11.2 Å². The molecule has 0 bridgehead atoms. The van der Waals surface area contributed by atoms with Gasteiger partial charge in [-0.2, -0.15) is 0 Å². The second-order valence-electron chi connectivity index (χ2n) is 5.74. The second kappa shape index (κ2) is 7.13. The standard InChI is InChI=1S/C16H23Cl2NO/c1-20-16(8-4-2-3-5-9-16)15(19)11-12-6-7-13(17)14(18)10-12/h6-7,10,15H,2-5,8-9,11,19H2,1H3. The molecule has 1 unspecified atom stereocenters. The quantitative estimate of drug-likeness (QED) is 0.824. The summed E-state index contributed by atoms with van der Waals surface area (Å²) in [6.07, 6.45) is 7.82. The van der Waals surface area contributed by atoms with Crippen molar-refractivity contribution in [3.63, 3.8) is 0 Å². The van der Waals surface area contributed by atoms with E-state index in [9.17, 15) is 0 Å². The van der Waals surface area contributed by atoms with Gasteiger partial charge < -0.3 is 10.5 Å². The van der Waals surface area contributed by atoms with Gasteiger partial charge in [0.2, 0.25) is 0 Å². The van der Waals surface area contributed by atoms with E-state index in [0.29, 0.717) is 10.0 Å². The van der Waals surface area contributed by atoms with Gasteiger partial charge in [0.05, 0.1) is 15.6 Å². The van der Waals surface area contributed by atoms with Crippen LogP contribution < -0.4 is 5.73 Å². The molecule has 0 heterocycles. The van der Waals surface area contributed by atoms with Gasteiger partial charge in [0, 0.05) is 13.2 Å². The summed E-state index contributed by atoms with van der Waals surface area (Å²) in [7, 11) is 1.79. The van der Waals surface area contributed by atoms with Crippen LogP contribution in [0.25, 0.3) is 0 Å². The number of ether oxygens (including phenoxy) is 1. The van der Waals surface area contributed by atoms with Gasteiger partial charge in [0.1, 0.15) is 0 Å². The maximum atomic E-state index is 6.48. The van der Waals surface area contributed by atoms with E-state index >= 15 is 0 Å². The van der Waals surface area contributed by atoms with Crippen molar-refractivity contribution in [2.45, 2.75) is 56.6 Å². The average molecular weight is 316 g/mol. The summed E-state index contributed by atoms with van der Waals surface area (Å²) in [5.74, 6) is 0. The molecule has 2 rings (SSSR count). The molecule has 1 aromatic rings. The molecule has 1 saturated carbocycles. The lowest BCUT2D eigenvalue weighted by atomic mass is 9.83. The van der Waals surface area contributed by atoms with Crippen molar-refractivity contribution in [3.8, 4) is 0 Å². The number of nitrogens with two attached hydrogens (primary N) is 1. The van der Waals surface area contributed by atoms with Crippen LogP contribution in [0.1, 0.15) is 44.1 Å². The zero-order chi connectivity index (χ0) is 14.6. The molecule has 1 aliphatic rings. The fourth-order valence-electron chi connectivity index (χ4n) is 3.16. The van der Waals surface area contributed by atoms with Crippen LogP contribution in [-0.4, -0.2) is 18.8 Å². The number of hydrogen-bond donors (Lipinski definition) is 1. The van der Waals surface area contributed by atoms with Crippen LogP contribution in [0, 0.1) is 0 Å². The first-order valence-corrected chi connectivity index (χ1v) is 8.08. The number of methoxy groups -OCH3 is 1. The van der Waals surface area contributed by atoms with Gasteiger partial charge >= 0.3 is 0 Å². The van der Waals surface area contributed by atoms with E-state index in [1.807, 2.05) is 18.2 Å². The third-order valence-corrected chi connectivity index (χ3v) is 5.21. The van der Waals surface area contributed by atoms with Gasteiger partial charge in [-0.3, -0.25) is 0 Å². The highest BCUT2D eigenvalue weighted by Crippen LogP contribution is 2.34. The number of rotatable bonds is 4. The highest BCUT2D eigenvalue weighted by Gasteiger charge is 2.37. The lowest BCUT2D eigenvalue weighted by Crippen LogP contribution is -2.50. The van der Waals surface area contributed by atoms with E-state index in [4.69, 9.17) is 33.7 Å². The molecule has 0 amide bonds. The summed E-state index contributed by atoms with van der Waals surface area (Å²) in [6, 6.07) is 5.72. The molecule has 0 aliphatic heterocycles. The predicted octanol–water partition coefficient (Wildman–Crippen LogP) is 4.60. The van der Waals surface area contributed by atoms with Crippen molar-refractivity contribution in [2.24, 2.45) is 5.73 Å². The minimum absolute atomic E-state index is 0.0113. The normalized spacial score (nSPS) is 20.4. The Morgan fingerprint density at radius 3 is 2.35 bits per heavy atom. The number of halogens is 2.